The molecule has 0 unspecified atom stereocenters. The van der Waals surface area contributed by atoms with Crippen molar-refractivity contribution in [3.05, 3.63) is 51.1 Å². The zero-order valence-corrected chi connectivity index (χ0v) is 17.1. The summed E-state index contributed by atoms with van der Waals surface area (Å²) >= 11 is 0. The lowest BCUT2D eigenvalue weighted by molar-refractivity contribution is -0.933. The number of nitrogens with one attached hydrogen (secondary N) is 2. The van der Waals surface area contributed by atoms with Crippen LogP contribution in [0.1, 0.15) is 28.6 Å². The number of hydrogen-bond acceptors (Lipinski definition) is 6. The second kappa shape index (κ2) is 8.40. The fraction of sp³-hybridized carbons (Fsp3) is 0.500. The number of methoxy groups -OCH3 is 1. The standard InChI is InChI=1S/C20H26N6O3/c1-13-10-15-12-16(20(27)21-17(15)11-14(13)2)18(25-4-8-29-9-5-25)19-22-23-24-26(19)6-7-28-3/h10-12,18H,4-9H2,1-3H3,(H,21,27)/p+1/t18-/m1/s1. The molecule has 0 amide bonds. The average molecular weight is 399 g/mol. The summed E-state index contributed by atoms with van der Waals surface area (Å²) in [6.07, 6.45) is 0. The predicted molar refractivity (Wildman–Crippen MR) is 107 cm³/mol. The topological polar surface area (TPSA) is 99.4 Å². The Labute approximate surface area is 168 Å². The molecule has 1 saturated heterocycles. The molecular weight excluding hydrogens is 372 g/mol. The molecule has 1 atom stereocenters. The van der Waals surface area contributed by atoms with Crippen LogP contribution in [-0.2, 0) is 16.0 Å². The largest absolute Gasteiger partial charge is 0.383 e. The van der Waals surface area contributed by atoms with Gasteiger partial charge in [0.25, 0.3) is 5.56 Å². The van der Waals surface area contributed by atoms with E-state index in [1.54, 1.807) is 11.8 Å². The van der Waals surface area contributed by atoms with Gasteiger partial charge < -0.3 is 19.4 Å². The molecule has 154 valence electrons. The maximum atomic E-state index is 13.1. The van der Waals surface area contributed by atoms with Crippen molar-refractivity contribution in [2.24, 2.45) is 0 Å². The normalized spacial score (nSPS) is 16.4. The van der Waals surface area contributed by atoms with Crippen LogP contribution in [0.15, 0.2) is 23.0 Å². The van der Waals surface area contributed by atoms with E-state index in [9.17, 15) is 4.79 Å². The van der Waals surface area contributed by atoms with Crippen LogP contribution in [0, 0.1) is 13.8 Å². The van der Waals surface area contributed by atoms with Crippen molar-refractivity contribution >= 4 is 10.9 Å². The summed E-state index contributed by atoms with van der Waals surface area (Å²) in [6.45, 7) is 8.02. The molecular formula is C20H27N6O3+. The molecule has 9 nitrogen and oxygen atoms in total. The first-order valence-corrected chi connectivity index (χ1v) is 9.90. The fourth-order valence-electron chi connectivity index (χ4n) is 3.93. The molecule has 0 spiro atoms. The monoisotopic (exact) mass is 399 g/mol. The van der Waals surface area contributed by atoms with Crippen LogP contribution in [0.25, 0.3) is 10.9 Å². The molecule has 0 radical (unpaired) electrons. The number of morpholine rings is 1. The maximum absolute atomic E-state index is 13.1. The summed E-state index contributed by atoms with van der Waals surface area (Å²) in [7, 11) is 1.65. The Balaban J connectivity index is 1.85. The third kappa shape index (κ3) is 3.93. The van der Waals surface area contributed by atoms with Crippen LogP contribution < -0.4 is 10.5 Å². The molecule has 1 fully saturated rings. The zero-order chi connectivity index (χ0) is 20.4. The number of fused-ring (bicyclic) bond motifs is 1. The van der Waals surface area contributed by atoms with Crippen molar-refractivity contribution in [1.82, 2.24) is 25.2 Å². The molecule has 29 heavy (non-hydrogen) atoms. The number of H-pyrrole nitrogens is 1. The number of aryl methyl sites for hydroxylation is 2. The van der Waals surface area contributed by atoms with Gasteiger partial charge in [0.2, 0.25) is 5.82 Å². The van der Waals surface area contributed by atoms with Crippen molar-refractivity contribution < 1.29 is 14.4 Å². The highest BCUT2D eigenvalue weighted by molar-refractivity contribution is 5.80. The van der Waals surface area contributed by atoms with Gasteiger partial charge >= 0.3 is 0 Å². The third-order valence-corrected chi connectivity index (χ3v) is 5.67. The molecule has 3 heterocycles. The van der Waals surface area contributed by atoms with Crippen LogP contribution in [0.5, 0.6) is 0 Å². The SMILES string of the molecule is COCCn1nnnc1[C@@H](c1cc2cc(C)c(C)cc2[nH]c1=O)[NH+]1CCOCC1. The van der Waals surface area contributed by atoms with Crippen molar-refractivity contribution in [2.45, 2.75) is 26.4 Å². The minimum absolute atomic E-state index is 0.106. The van der Waals surface area contributed by atoms with E-state index in [2.05, 4.69) is 33.5 Å². The minimum Gasteiger partial charge on any atom is -0.383 e. The van der Waals surface area contributed by atoms with E-state index in [-0.39, 0.29) is 11.6 Å². The van der Waals surface area contributed by atoms with Crippen molar-refractivity contribution in [1.29, 1.82) is 0 Å². The molecule has 2 N–H and O–H groups in total. The van der Waals surface area contributed by atoms with Gasteiger partial charge in [-0.05, 0) is 59.0 Å². The quantitative estimate of drug-likeness (QED) is 0.595. The van der Waals surface area contributed by atoms with Crippen LogP contribution in [0.4, 0.5) is 0 Å². The van der Waals surface area contributed by atoms with E-state index in [0.29, 0.717) is 37.8 Å². The van der Waals surface area contributed by atoms with Gasteiger partial charge in [-0.15, -0.1) is 5.10 Å². The van der Waals surface area contributed by atoms with Gasteiger partial charge in [-0.25, -0.2) is 4.68 Å². The summed E-state index contributed by atoms with van der Waals surface area (Å²) in [5.41, 5.74) is 3.75. The summed E-state index contributed by atoms with van der Waals surface area (Å²) in [6, 6.07) is 5.85. The van der Waals surface area contributed by atoms with E-state index in [1.807, 2.05) is 19.1 Å². The van der Waals surface area contributed by atoms with Crippen LogP contribution >= 0.6 is 0 Å². The number of hydrogen-bond donors (Lipinski definition) is 2. The number of quaternary nitrogens is 1. The average Bonchev–Trinajstić information content (AvgIpc) is 3.17. The Bertz CT molecular complexity index is 1050. The molecule has 1 aliphatic heterocycles. The maximum Gasteiger partial charge on any atom is 0.258 e. The van der Waals surface area contributed by atoms with Gasteiger partial charge in [0.15, 0.2) is 6.04 Å². The molecule has 4 rings (SSSR count). The van der Waals surface area contributed by atoms with Crippen molar-refractivity contribution in [3.8, 4) is 0 Å². The Morgan fingerprint density at radius 2 is 2.00 bits per heavy atom. The zero-order valence-electron chi connectivity index (χ0n) is 17.1. The number of aromatic nitrogens is 5. The summed E-state index contributed by atoms with van der Waals surface area (Å²) < 4.78 is 12.5. The molecule has 0 bridgehead atoms. The highest BCUT2D eigenvalue weighted by Crippen LogP contribution is 2.21. The molecule has 2 aromatic heterocycles. The highest BCUT2D eigenvalue weighted by Gasteiger charge is 2.35. The first-order valence-electron chi connectivity index (χ1n) is 9.90. The first kappa shape index (κ1) is 19.7. The lowest BCUT2D eigenvalue weighted by Gasteiger charge is -2.30. The lowest BCUT2D eigenvalue weighted by atomic mass is 10.0. The number of aromatic amines is 1. The van der Waals surface area contributed by atoms with E-state index in [4.69, 9.17) is 9.47 Å². The van der Waals surface area contributed by atoms with Gasteiger partial charge in [-0.3, -0.25) is 4.79 Å². The van der Waals surface area contributed by atoms with Gasteiger partial charge in [0, 0.05) is 12.6 Å². The first-order chi connectivity index (χ1) is 14.1. The van der Waals surface area contributed by atoms with Gasteiger partial charge in [-0.1, -0.05) is 0 Å². The number of tetrazole rings is 1. The fourth-order valence-corrected chi connectivity index (χ4v) is 3.93. The van der Waals surface area contributed by atoms with E-state index in [0.717, 1.165) is 29.6 Å². The van der Waals surface area contributed by atoms with E-state index in [1.165, 1.54) is 10.5 Å². The van der Waals surface area contributed by atoms with E-state index < -0.39 is 0 Å². The summed E-state index contributed by atoms with van der Waals surface area (Å²) in [5.74, 6) is 0.674. The van der Waals surface area contributed by atoms with Crippen LogP contribution in [0.3, 0.4) is 0 Å². The van der Waals surface area contributed by atoms with Crippen molar-refractivity contribution in [2.75, 3.05) is 40.0 Å². The predicted octanol–water partition coefficient (Wildman–Crippen LogP) is -0.218. The summed E-state index contributed by atoms with van der Waals surface area (Å²) in [5, 5.41) is 13.3. The molecule has 0 aliphatic carbocycles. The molecule has 1 aromatic carbocycles. The Kier molecular flexibility index (Phi) is 5.70. The van der Waals surface area contributed by atoms with E-state index >= 15 is 0 Å². The third-order valence-electron chi connectivity index (χ3n) is 5.67. The van der Waals surface area contributed by atoms with Crippen LogP contribution in [-0.4, -0.2) is 65.2 Å². The Morgan fingerprint density at radius 3 is 2.76 bits per heavy atom. The number of nitrogens with zero attached hydrogens (tertiary/aromatic N) is 4. The number of benzene rings is 1. The van der Waals surface area contributed by atoms with Gasteiger partial charge in [0.05, 0.1) is 31.9 Å². The number of pyridine rings is 1. The Hall–Kier alpha value is -2.62. The number of ether oxygens (including phenoxy) is 2. The van der Waals surface area contributed by atoms with Gasteiger partial charge in [-0.2, -0.15) is 0 Å². The molecule has 3 aromatic rings. The molecule has 1 aliphatic rings. The Morgan fingerprint density at radius 1 is 1.24 bits per heavy atom. The minimum atomic E-state index is -0.277. The van der Waals surface area contributed by atoms with Gasteiger partial charge in [0.1, 0.15) is 13.1 Å². The lowest BCUT2D eigenvalue weighted by Crippen LogP contribution is -3.14. The molecule has 0 saturated carbocycles. The molecule has 9 heteroatoms. The van der Waals surface area contributed by atoms with Crippen LogP contribution in [0.2, 0.25) is 0 Å². The second-order valence-electron chi connectivity index (χ2n) is 7.53. The summed E-state index contributed by atoms with van der Waals surface area (Å²) in [4.78, 5) is 17.4. The smallest absolute Gasteiger partial charge is 0.258 e. The van der Waals surface area contributed by atoms with Crippen molar-refractivity contribution in [3.63, 3.8) is 0 Å². The number of rotatable bonds is 6. The highest BCUT2D eigenvalue weighted by atomic mass is 16.5. The second-order valence-corrected chi connectivity index (χ2v) is 7.53.